The van der Waals surface area contributed by atoms with Gasteiger partial charge in [0.25, 0.3) is 0 Å². The fraction of sp³-hybridized carbons (Fsp3) is 0.667. The molecular weight excluding hydrogens is 579 g/mol. The van der Waals surface area contributed by atoms with E-state index in [1.54, 1.807) is 4.90 Å². The van der Waals surface area contributed by atoms with Crippen molar-refractivity contribution in [1.82, 2.24) is 19.8 Å². The molecule has 1 unspecified atom stereocenters. The molecule has 0 saturated carbocycles. The van der Waals surface area contributed by atoms with E-state index in [2.05, 4.69) is 30.8 Å². The molecule has 6 rings (SSSR count). The molecule has 2 aromatic rings. The summed E-state index contributed by atoms with van der Waals surface area (Å²) in [5.41, 5.74) is -1.08. The normalized spacial score (nSPS) is 28.8. The predicted molar refractivity (Wildman–Crippen MR) is 143 cm³/mol. The largest absolute Gasteiger partial charge is 0.461 e. The highest BCUT2D eigenvalue weighted by Gasteiger charge is 2.50. The second kappa shape index (κ2) is 9.64. The molecule has 1 amide bonds. The number of hydrogen-bond donors (Lipinski definition) is 0. The number of aromatic nitrogens is 2. The van der Waals surface area contributed by atoms with Crippen molar-refractivity contribution in [1.29, 1.82) is 0 Å². The lowest BCUT2D eigenvalue weighted by atomic mass is 9.95. The summed E-state index contributed by atoms with van der Waals surface area (Å²) in [6, 6.07) is 0.958. The smallest absolute Gasteiger partial charge is 0.410 e. The average molecular weight is 612 g/mol. The predicted octanol–water partition coefficient (Wildman–Crippen LogP) is 5.21. The first-order valence-electron chi connectivity index (χ1n) is 13.6. The number of benzene rings is 1. The summed E-state index contributed by atoms with van der Waals surface area (Å²) < 4.78 is 55.7. The van der Waals surface area contributed by atoms with Crippen LogP contribution in [0.25, 0.3) is 10.9 Å². The van der Waals surface area contributed by atoms with Crippen molar-refractivity contribution in [2.45, 2.75) is 82.3 Å². The van der Waals surface area contributed by atoms with E-state index >= 15 is 4.39 Å². The molecule has 4 aliphatic heterocycles. The Labute approximate surface area is 233 Å². The molecule has 12 heteroatoms. The number of piperazine rings is 1. The van der Waals surface area contributed by atoms with Crippen molar-refractivity contribution in [2.24, 2.45) is 0 Å². The lowest BCUT2D eigenvalue weighted by molar-refractivity contribution is 0.0122. The molecule has 4 aliphatic rings. The third kappa shape index (κ3) is 4.81. The minimum absolute atomic E-state index is 0.0274. The minimum Gasteiger partial charge on any atom is -0.461 e. The maximum atomic E-state index is 15.3. The first-order valence-corrected chi connectivity index (χ1v) is 14.4. The fourth-order valence-electron chi connectivity index (χ4n) is 6.78. The van der Waals surface area contributed by atoms with Crippen LogP contribution in [0, 0.1) is 11.6 Å². The van der Waals surface area contributed by atoms with Crippen LogP contribution in [0.3, 0.4) is 0 Å². The zero-order valence-corrected chi connectivity index (χ0v) is 23.9. The quantitative estimate of drug-likeness (QED) is 0.439. The fourth-order valence-corrected chi connectivity index (χ4v) is 7.08. The zero-order chi connectivity index (χ0) is 27.7. The van der Waals surface area contributed by atoms with Gasteiger partial charge in [0.1, 0.15) is 35.5 Å². The van der Waals surface area contributed by atoms with Gasteiger partial charge in [-0.05, 0) is 75.0 Å². The van der Waals surface area contributed by atoms with Gasteiger partial charge in [0.05, 0.1) is 22.1 Å². The first kappa shape index (κ1) is 26.9. The topological polar surface area (TPSA) is 71.0 Å². The van der Waals surface area contributed by atoms with Gasteiger partial charge in [-0.1, -0.05) is 0 Å². The number of carbonyl (C=O) groups is 1. The Balaban J connectivity index is 1.32. The van der Waals surface area contributed by atoms with Crippen LogP contribution in [0.1, 0.15) is 52.9 Å². The number of ether oxygens (including phenoxy) is 2. The van der Waals surface area contributed by atoms with Crippen LogP contribution in [0.15, 0.2) is 10.5 Å². The monoisotopic (exact) mass is 611 g/mol. The molecule has 5 heterocycles. The second-order valence-electron chi connectivity index (χ2n) is 12.3. The Bertz CT molecular complexity index is 1300. The van der Waals surface area contributed by atoms with Gasteiger partial charge in [0.15, 0.2) is 5.82 Å². The summed E-state index contributed by atoms with van der Waals surface area (Å²) in [5.74, 6) is -1.23. The van der Waals surface area contributed by atoms with E-state index in [1.165, 1.54) is 6.07 Å². The third-order valence-corrected chi connectivity index (χ3v) is 9.13. The molecule has 0 spiro atoms. The van der Waals surface area contributed by atoms with Crippen LogP contribution in [0.5, 0.6) is 6.01 Å². The Morgan fingerprint density at radius 1 is 1.18 bits per heavy atom. The van der Waals surface area contributed by atoms with Crippen LogP contribution in [-0.2, 0) is 4.74 Å². The SMILES string of the molecule is CC(C)(C)OC(=O)N1[C@@H]2CC[C@H]1CN(c1nc(OCC34CCCN3C[C@H](F)C4)nc3c(F)c(Br)c(F)cc13)C2. The highest BCUT2D eigenvalue weighted by Crippen LogP contribution is 2.41. The lowest BCUT2D eigenvalue weighted by Gasteiger charge is -2.42. The third-order valence-electron chi connectivity index (χ3n) is 8.40. The number of fused-ring (bicyclic) bond motifs is 4. The summed E-state index contributed by atoms with van der Waals surface area (Å²) in [6.07, 6.45) is 2.49. The molecule has 4 atom stereocenters. The van der Waals surface area contributed by atoms with E-state index in [4.69, 9.17) is 9.47 Å². The molecule has 4 saturated heterocycles. The highest BCUT2D eigenvalue weighted by atomic mass is 79.9. The van der Waals surface area contributed by atoms with E-state index in [0.717, 1.165) is 32.2 Å². The number of carbonyl (C=O) groups excluding carboxylic acids is 1. The van der Waals surface area contributed by atoms with Gasteiger partial charge in [-0.3, -0.25) is 9.80 Å². The number of nitrogens with zero attached hydrogens (tertiary/aromatic N) is 5. The second-order valence-corrected chi connectivity index (χ2v) is 13.0. The van der Waals surface area contributed by atoms with E-state index in [1.807, 2.05) is 25.7 Å². The Kier molecular flexibility index (Phi) is 6.64. The van der Waals surface area contributed by atoms with E-state index in [9.17, 15) is 13.6 Å². The standard InChI is InChI=1S/C27H33BrF3N5O3/c1-26(2,3)39-25(37)36-16-5-6-17(36)13-34(12-16)23-18-9-19(30)20(28)21(31)22(18)32-24(33-23)38-14-27-7-4-8-35(27)11-15(29)10-27/h9,15-17H,4-8,10-14H2,1-3H3/t15-,16-,17+,27?/m1/s1. The van der Waals surface area contributed by atoms with Gasteiger partial charge in [-0.25, -0.2) is 18.0 Å². The minimum atomic E-state index is -0.907. The number of amides is 1. The molecule has 4 fully saturated rings. The molecule has 0 aliphatic carbocycles. The van der Waals surface area contributed by atoms with Crippen molar-refractivity contribution < 1.29 is 27.4 Å². The molecule has 39 heavy (non-hydrogen) atoms. The summed E-state index contributed by atoms with van der Waals surface area (Å²) >= 11 is 2.99. The number of halogens is 4. The first-order chi connectivity index (χ1) is 18.4. The number of anilines is 1. The van der Waals surface area contributed by atoms with Crippen LogP contribution < -0.4 is 9.64 Å². The van der Waals surface area contributed by atoms with Crippen molar-refractivity contribution in [3.63, 3.8) is 0 Å². The molecule has 2 bridgehead atoms. The summed E-state index contributed by atoms with van der Waals surface area (Å²) in [6.45, 7) is 7.77. The van der Waals surface area contributed by atoms with Gasteiger partial charge in [-0.2, -0.15) is 9.97 Å². The summed E-state index contributed by atoms with van der Waals surface area (Å²) in [4.78, 5) is 27.8. The van der Waals surface area contributed by atoms with Crippen LogP contribution >= 0.6 is 15.9 Å². The Hall–Kier alpha value is -2.34. The molecule has 0 N–H and O–H groups in total. The van der Waals surface area contributed by atoms with Gasteiger partial charge >= 0.3 is 12.1 Å². The van der Waals surface area contributed by atoms with E-state index in [-0.39, 0.29) is 46.2 Å². The average Bonchev–Trinajstić information content (AvgIpc) is 3.47. The van der Waals surface area contributed by atoms with Crippen molar-refractivity contribution in [2.75, 3.05) is 37.7 Å². The maximum Gasteiger partial charge on any atom is 0.410 e. The van der Waals surface area contributed by atoms with Crippen molar-refractivity contribution in [3.8, 4) is 6.01 Å². The molecule has 1 aromatic heterocycles. The maximum absolute atomic E-state index is 15.3. The van der Waals surface area contributed by atoms with Crippen LogP contribution in [0.4, 0.5) is 23.8 Å². The molecular formula is C27H33BrF3N5O3. The van der Waals surface area contributed by atoms with Gasteiger partial charge in [-0.15, -0.1) is 0 Å². The number of hydrogen-bond acceptors (Lipinski definition) is 7. The van der Waals surface area contributed by atoms with Crippen LogP contribution in [0.2, 0.25) is 0 Å². The molecule has 1 aromatic carbocycles. The van der Waals surface area contributed by atoms with E-state index in [0.29, 0.717) is 31.9 Å². The lowest BCUT2D eigenvalue weighted by Crippen LogP contribution is -2.57. The number of rotatable bonds is 4. The Morgan fingerprint density at radius 3 is 2.59 bits per heavy atom. The summed E-state index contributed by atoms with van der Waals surface area (Å²) in [5, 5.41) is 0.232. The Morgan fingerprint density at radius 2 is 1.90 bits per heavy atom. The van der Waals surface area contributed by atoms with Crippen molar-refractivity contribution >= 4 is 38.7 Å². The molecule has 0 radical (unpaired) electrons. The highest BCUT2D eigenvalue weighted by molar-refractivity contribution is 9.10. The van der Waals surface area contributed by atoms with Gasteiger partial charge in [0, 0.05) is 31.4 Å². The van der Waals surface area contributed by atoms with Crippen LogP contribution in [-0.4, -0.2) is 88.0 Å². The summed E-state index contributed by atoms with van der Waals surface area (Å²) in [7, 11) is 0. The van der Waals surface area contributed by atoms with Gasteiger partial charge < -0.3 is 14.4 Å². The zero-order valence-electron chi connectivity index (χ0n) is 22.4. The van der Waals surface area contributed by atoms with Crippen molar-refractivity contribution in [3.05, 3.63) is 22.2 Å². The van der Waals surface area contributed by atoms with E-state index < -0.39 is 28.9 Å². The molecule has 8 nitrogen and oxygen atoms in total. The molecule has 212 valence electrons. The van der Waals surface area contributed by atoms with Gasteiger partial charge in [0.2, 0.25) is 0 Å². The number of alkyl halides is 1.